The molecule has 0 aromatic heterocycles. The number of hydrogen-bond acceptors (Lipinski definition) is 2. The van der Waals surface area contributed by atoms with Gasteiger partial charge in [-0.2, -0.15) is 0 Å². The standard InChI is InChI=1S/C17H18ClNO2/c18-12-16(20)15(11-13-7-3-1-4-8-13)19-17(21)14-9-5-2-6-10-14/h1-10,15-16,20H,11-12H2,(H,19,21)/t15-,16-/m0/s1. The van der Waals surface area contributed by atoms with Crippen LogP contribution in [-0.4, -0.2) is 29.0 Å². The first kappa shape index (κ1) is 15.5. The third-order valence-corrected chi connectivity index (χ3v) is 3.59. The first-order valence-electron chi connectivity index (χ1n) is 6.84. The van der Waals surface area contributed by atoms with E-state index in [1.807, 2.05) is 36.4 Å². The minimum absolute atomic E-state index is 0.0760. The summed E-state index contributed by atoms with van der Waals surface area (Å²) >= 11 is 5.74. The van der Waals surface area contributed by atoms with Gasteiger partial charge in [-0.25, -0.2) is 0 Å². The summed E-state index contributed by atoms with van der Waals surface area (Å²) in [5.41, 5.74) is 1.61. The predicted octanol–water partition coefficient (Wildman–Crippen LogP) is 2.63. The van der Waals surface area contributed by atoms with Crippen molar-refractivity contribution < 1.29 is 9.90 Å². The maximum atomic E-state index is 12.2. The molecule has 0 heterocycles. The van der Waals surface area contributed by atoms with Gasteiger partial charge in [0.05, 0.1) is 18.0 Å². The second-order valence-electron chi connectivity index (χ2n) is 4.86. The Morgan fingerprint density at radius 2 is 1.62 bits per heavy atom. The number of aliphatic hydroxyl groups is 1. The smallest absolute Gasteiger partial charge is 0.251 e. The number of amides is 1. The van der Waals surface area contributed by atoms with Crippen LogP contribution in [-0.2, 0) is 6.42 Å². The fourth-order valence-corrected chi connectivity index (χ4v) is 2.32. The molecule has 0 radical (unpaired) electrons. The lowest BCUT2D eigenvalue weighted by Crippen LogP contribution is -2.45. The number of nitrogens with one attached hydrogen (secondary N) is 1. The number of benzene rings is 2. The Morgan fingerprint density at radius 1 is 1.05 bits per heavy atom. The van der Waals surface area contributed by atoms with E-state index in [2.05, 4.69) is 5.32 Å². The summed E-state index contributed by atoms with van der Waals surface area (Å²) in [6.07, 6.45) is -0.257. The molecule has 0 aliphatic carbocycles. The van der Waals surface area contributed by atoms with Crippen molar-refractivity contribution in [1.29, 1.82) is 0 Å². The van der Waals surface area contributed by atoms with Gasteiger partial charge in [0.1, 0.15) is 0 Å². The van der Waals surface area contributed by atoms with Crippen molar-refractivity contribution in [3.05, 3.63) is 71.8 Å². The molecule has 2 atom stereocenters. The van der Waals surface area contributed by atoms with Gasteiger partial charge in [0, 0.05) is 5.56 Å². The lowest BCUT2D eigenvalue weighted by molar-refractivity contribution is 0.0863. The molecule has 21 heavy (non-hydrogen) atoms. The minimum Gasteiger partial charge on any atom is -0.390 e. The van der Waals surface area contributed by atoms with Gasteiger partial charge in [-0.05, 0) is 24.1 Å². The van der Waals surface area contributed by atoms with Gasteiger partial charge in [0.25, 0.3) is 5.91 Å². The molecule has 1 amide bonds. The van der Waals surface area contributed by atoms with E-state index in [1.165, 1.54) is 0 Å². The van der Waals surface area contributed by atoms with Gasteiger partial charge in [0.15, 0.2) is 0 Å². The van der Waals surface area contributed by atoms with Crippen molar-refractivity contribution in [1.82, 2.24) is 5.32 Å². The largest absolute Gasteiger partial charge is 0.390 e. The third kappa shape index (κ3) is 4.59. The number of halogens is 1. The van der Waals surface area contributed by atoms with Gasteiger partial charge < -0.3 is 10.4 Å². The zero-order valence-electron chi connectivity index (χ0n) is 11.6. The van der Waals surface area contributed by atoms with Gasteiger partial charge in [0.2, 0.25) is 0 Å². The van der Waals surface area contributed by atoms with Gasteiger partial charge in [-0.3, -0.25) is 4.79 Å². The van der Waals surface area contributed by atoms with Gasteiger partial charge in [-0.15, -0.1) is 11.6 Å². The monoisotopic (exact) mass is 303 g/mol. The molecule has 3 nitrogen and oxygen atoms in total. The van der Waals surface area contributed by atoms with Gasteiger partial charge >= 0.3 is 0 Å². The lowest BCUT2D eigenvalue weighted by Gasteiger charge is -2.23. The average molecular weight is 304 g/mol. The summed E-state index contributed by atoms with van der Waals surface area (Å²) in [6, 6.07) is 18.2. The molecule has 2 rings (SSSR count). The molecule has 2 N–H and O–H groups in total. The Morgan fingerprint density at radius 3 is 2.19 bits per heavy atom. The maximum Gasteiger partial charge on any atom is 0.251 e. The van der Waals surface area contributed by atoms with Crippen LogP contribution in [0, 0.1) is 0 Å². The Hall–Kier alpha value is -1.84. The average Bonchev–Trinajstić information content (AvgIpc) is 2.55. The summed E-state index contributed by atoms with van der Waals surface area (Å²) in [7, 11) is 0. The van der Waals surface area contributed by atoms with Crippen LogP contribution in [0.3, 0.4) is 0 Å². The second kappa shape index (κ2) is 7.81. The molecule has 2 aromatic rings. The molecule has 0 unspecified atom stereocenters. The molecular weight excluding hydrogens is 286 g/mol. The molecule has 0 saturated heterocycles. The van der Waals surface area contributed by atoms with E-state index < -0.39 is 12.1 Å². The van der Waals surface area contributed by atoms with E-state index in [9.17, 15) is 9.90 Å². The molecule has 0 aliphatic rings. The van der Waals surface area contributed by atoms with E-state index in [-0.39, 0.29) is 11.8 Å². The van der Waals surface area contributed by atoms with Crippen LogP contribution < -0.4 is 5.32 Å². The topological polar surface area (TPSA) is 49.3 Å². The lowest BCUT2D eigenvalue weighted by atomic mass is 10.0. The SMILES string of the molecule is O=C(N[C@@H](Cc1ccccc1)[C@@H](O)CCl)c1ccccc1. The van der Waals surface area contributed by atoms with E-state index >= 15 is 0 Å². The number of rotatable bonds is 6. The normalized spacial score (nSPS) is 13.4. The van der Waals surface area contributed by atoms with Crippen LogP contribution in [0.2, 0.25) is 0 Å². The van der Waals surface area contributed by atoms with Crippen molar-refractivity contribution in [2.45, 2.75) is 18.6 Å². The quantitative estimate of drug-likeness (QED) is 0.806. The number of carbonyl (C=O) groups excluding carboxylic acids is 1. The van der Waals surface area contributed by atoms with Crippen molar-refractivity contribution in [2.24, 2.45) is 0 Å². The third-order valence-electron chi connectivity index (χ3n) is 3.27. The highest BCUT2D eigenvalue weighted by Crippen LogP contribution is 2.09. The van der Waals surface area contributed by atoms with Crippen LogP contribution in [0.1, 0.15) is 15.9 Å². The van der Waals surface area contributed by atoms with Crippen LogP contribution in [0.15, 0.2) is 60.7 Å². The zero-order chi connectivity index (χ0) is 15.1. The minimum atomic E-state index is -0.792. The highest BCUT2D eigenvalue weighted by atomic mass is 35.5. The Balaban J connectivity index is 2.08. The summed E-state index contributed by atoms with van der Waals surface area (Å²) in [5, 5.41) is 12.9. The Bertz CT molecular complexity index is 560. The van der Waals surface area contributed by atoms with Crippen molar-refractivity contribution in [3.8, 4) is 0 Å². The summed E-state index contributed by atoms with van der Waals surface area (Å²) in [4.78, 5) is 12.2. The first-order chi connectivity index (χ1) is 10.2. The summed E-state index contributed by atoms with van der Waals surface area (Å²) < 4.78 is 0. The highest BCUT2D eigenvalue weighted by Gasteiger charge is 2.21. The van der Waals surface area contributed by atoms with Crippen molar-refractivity contribution in [2.75, 3.05) is 5.88 Å². The highest BCUT2D eigenvalue weighted by molar-refractivity contribution is 6.18. The molecule has 0 spiro atoms. The van der Waals surface area contributed by atoms with E-state index in [1.54, 1.807) is 24.3 Å². The summed E-state index contributed by atoms with van der Waals surface area (Å²) in [5.74, 6) is -0.132. The number of carbonyl (C=O) groups is 1. The van der Waals surface area contributed by atoms with Crippen LogP contribution in [0.5, 0.6) is 0 Å². The molecule has 0 aliphatic heterocycles. The van der Waals surface area contributed by atoms with Crippen molar-refractivity contribution >= 4 is 17.5 Å². The Labute approximate surface area is 129 Å². The predicted molar refractivity (Wildman–Crippen MR) is 84.6 cm³/mol. The molecule has 2 aromatic carbocycles. The van der Waals surface area contributed by atoms with Crippen LogP contribution >= 0.6 is 11.6 Å². The zero-order valence-corrected chi connectivity index (χ0v) is 12.3. The summed E-state index contributed by atoms with van der Waals surface area (Å²) in [6.45, 7) is 0. The second-order valence-corrected chi connectivity index (χ2v) is 5.17. The molecule has 110 valence electrons. The molecule has 0 bridgehead atoms. The number of alkyl halides is 1. The van der Waals surface area contributed by atoms with Crippen LogP contribution in [0.25, 0.3) is 0 Å². The van der Waals surface area contributed by atoms with E-state index in [0.29, 0.717) is 12.0 Å². The number of hydrogen-bond donors (Lipinski definition) is 2. The van der Waals surface area contributed by atoms with Crippen LogP contribution in [0.4, 0.5) is 0 Å². The van der Waals surface area contributed by atoms with E-state index in [4.69, 9.17) is 11.6 Å². The fraction of sp³-hybridized carbons (Fsp3) is 0.235. The molecule has 0 saturated carbocycles. The van der Waals surface area contributed by atoms with E-state index in [0.717, 1.165) is 5.56 Å². The fourth-order valence-electron chi connectivity index (χ4n) is 2.10. The molecule has 0 fully saturated rings. The maximum absolute atomic E-state index is 12.2. The van der Waals surface area contributed by atoms with Crippen molar-refractivity contribution in [3.63, 3.8) is 0 Å². The first-order valence-corrected chi connectivity index (χ1v) is 7.38. The Kier molecular flexibility index (Phi) is 5.78. The molecule has 4 heteroatoms. The molecular formula is C17H18ClNO2. The number of aliphatic hydroxyl groups excluding tert-OH is 1. The van der Waals surface area contributed by atoms with Gasteiger partial charge in [-0.1, -0.05) is 48.5 Å².